The molecule has 1 aliphatic heterocycles. The summed E-state index contributed by atoms with van der Waals surface area (Å²) in [6, 6.07) is 0. The molecule has 0 radical (unpaired) electrons. The molecular formula is C8H15FO5. The van der Waals surface area contributed by atoms with Gasteiger partial charge in [0.25, 0.3) is 0 Å². The number of aliphatic hydroxyl groups is 3. The van der Waals surface area contributed by atoms with Crippen molar-refractivity contribution in [3.8, 4) is 0 Å². The molecule has 0 bridgehead atoms. The van der Waals surface area contributed by atoms with Crippen LogP contribution in [0.4, 0.5) is 4.39 Å². The second-order valence-corrected chi connectivity index (χ2v) is 3.12. The van der Waals surface area contributed by atoms with Crippen molar-refractivity contribution in [1.82, 2.24) is 0 Å². The highest BCUT2D eigenvalue weighted by atomic mass is 18.2. The second kappa shape index (κ2) is 4.99. The minimum absolute atomic E-state index is 0.267. The van der Waals surface area contributed by atoms with Crippen LogP contribution < -0.4 is 0 Å². The van der Waals surface area contributed by atoms with Crippen molar-refractivity contribution in [3.63, 3.8) is 0 Å². The van der Waals surface area contributed by atoms with Crippen LogP contribution in [0.2, 0.25) is 0 Å². The Morgan fingerprint density at radius 3 is 2.36 bits per heavy atom. The normalized spacial score (nSPS) is 43.9. The van der Waals surface area contributed by atoms with Crippen LogP contribution in [0.1, 0.15) is 6.92 Å². The van der Waals surface area contributed by atoms with Crippen molar-refractivity contribution in [2.24, 2.45) is 0 Å². The van der Waals surface area contributed by atoms with Crippen LogP contribution >= 0.6 is 0 Å². The SMILES string of the molecule is CCOC1O[C@H](C[18F])[C@@H](O)[C@H](O)[C@@H]1O. The fourth-order valence-corrected chi connectivity index (χ4v) is 1.35. The highest BCUT2D eigenvalue weighted by Crippen LogP contribution is 2.22. The summed E-state index contributed by atoms with van der Waals surface area (Å²) in [5.41, 5.74) is 0. The van der Waals surface area contributed by atoms with Crippen LogP contribution in [-0.4, -0.2) is 59.3 Å². The Hall–Kier alpha value is -0.270. The third kappa shape index (κ3) is 2.21. The molecule has 0 spiro atoms. The molecule has 0 aromatic heterocycles. The molecule has 0 saturated carbocycles. The molecule has 5 nitrogen and oxygen atoms in total. The maximum absolute atomic E-state index is 12.3. The van der Waals surface area contributed by atoms with Gasteiger partial charge >= 0.3 is 0 Å². The molecule has 5 atom stereocenters. The van der Waals surface area contributed by atoms with Crippen molar-refractivity contribution in [3.05, 3.63) is 0 Å². The summed E-state index contributed by atoms with van der Waals surface area (Å²) in [4.78, 5) is 0. The number of halogens is 1. The van der Waals surface area contributed by atoms with E-state index in [0.717, 1.165) is 0 Å². The number of ether oxygens (including phenoxy) is 2. The van der Waals surface area contributed by atoms with E-state index in [4.69, 9.17) is 9.47 Å². The zero-order valence-electron chi connectivity index (χ0n) is 7.84. The average molecular weight is 209 g/mol. The van der Waals surface area contributed by atoms with Gasteiger partial charge in [-0.05, 0) is 6.92 Å². The molecule has 6 heteroatoms. The number of hydrogen-bond acceptors (Lipinski definition) is 5. The summed E-state index contributed by atoms with van der Waals surface area (Å²) in [7, 11) is 0. The van der Waals surface area contributed by atoms with Gasteiger partial charge in [-0.2, -0.15) is 0 Å². The zero-order chi connectivity index (χ0) is 10.7. The lowest BCUT2D eigenvalue weighted by Gasteiger charge is -2.39. The van der Waals surface area contributed by atoms with Gasteiger partial charge in [-0.1, -0.05) is 0 Å². The summed E-state index contributed by atoms with van der Waals surface area (Å²) < 4.78 is 22.2. The van der Waals surface area contributed by atoms with E-state index in [2.05, 4.69) is 0 Å². The highest BCUT2D eigenvalue weighted by molar-refractivity contribution is 4.88. The molecule has 0 aliphatic carbocycles. The average Bonchev–Trinajstić information content (AvgIpc) is 2.19. The third-order valence-electron chi connectivity index (χ3n) is 2.15. The molecule has 14 heavy (non-hydrogen) atoms. The minimum Gasteiger partial charge on any atom is -0.387 e. The fraction of sp³-hybridized carbons (Fsp3) is 1.00. The summed E-state index contributed by atoms with van der Waals surface area (Å²) in [5.74, 6) is 0. The molecule has 1 heterocycles. The number of rotatable bonds is 3. The minimum atomic E-state index is -1.44. The van der Waals surface area contributed by atoms with Crippen molar-refractivity contribution < 1.29 is 29.2 Å². The zero-order valence-corrected chi connectivity index (χ0v) is 7.84. The fourth-order valence-electron chi connectivity index (χ4n) is 1.35. The summed E-state index contributed by atoms with van der Waals surface area (Å²) >= 11 is 0. The van der Waals surface area contributed by atoms with Crippen molar-refractivity contribution in [1.29, 1.82) is 0 Å². The van der Waals surface area contributed by atoms with Gasteiger partial charge in [-0.25, -0.2) is 4.39 Å². The lowest BCUT2D eigenvalue weighted by atomic mass is 10.00. The van der Waals surface area contributed by atoms with Crippen LogP contribution in [0.15, 0.2) is 0 Å². The molecule has 0 aromatic carbocycles. The maximum Gasteiger partial charge on any atom is 0.186 e. The van der Waals surface area contributed by atoms with Gasteiger partial charge in [-0.15, -0.1) is 0 Å². The smallest absolute Gasteiger partial charge is 0.186 e. The first kappa shape index (κ1) is 11.8. The van der Waals surface area contributed by atoms with Crippen LogP contribution in [0.5, 0.6) is 0 Å². The van der Waals surface area contributed by atoms with E-state index in [1.807, 2.05) is 0 Å². The highest BCUT2D eigenvalue weighted by Gasteiger charge is 2.44. The van der Waals surface area contributed by atoms with Gasteiger partial charge in [0.15, 0.2) is 6.29 Å². The standard InChI is InChI=1S/C8H15FO5/c1-2-13-8-7(12)6(11)5(10)4(3-9)14-8/h4-8,10-12H,2-3H2,1H3/t4-,5-,6+,7+,8?/m1/s1/i9-1. The first-order valence-electron chi connectivity index (χ1n) is 4.49. The molecule has 84 valence electrons. The van der Waals surface area contributed by atoms with E-state index in [1.54, 1.807) is 6.92 Å². The number of aliphatic hydroxyl groups excluding tert-OH is 3. The summed E-state index contributed by atoms with van der Waals surface area (Å²) in [5, 5.41) is 28.0. The van der Waals surface area contributed by atoms with E-state index in [0.29, 0.717) is 0 Å². The molecule has 1 fully saturated rings. The van der Waals surface area contributed by atoms with E-state index in [1.165, 1.54) is 0 Å². The Bertz CT molecular complexity index is 175. The Morgan fingerprint density at radius 2 is 1.86 bits per heavy atom. The number of alkyl halides is 1. The molecule has 1 unspecified atom stereocenters. The van der Waals surface area contributed by atoms with Gasteiger partial charge in [0.2, 0.25) is 0 Å². The Morgan fingerprint density at radius 1 is 1.21 bits per heavy atom. The van der Waals surface area contributed by atoms with Gasteiger partial charge in [0.05, 0.1) is 0 Å². The van der Waals surface area contributed by atoms with Crippen LogP contribution in [0.25, 0.3) is 0 Å². The molecule has 0 amide bonds. The van der Waals surface area contributed by atoms with Crippen LogP contribution in [-0.2, 0) is 9.47 Å². The van der Waals surface area contributed by atoms with Gasteiger partial charge in [0.1, 0.15) is 31.1 Å². The van der Waals surface area contributed by atoms with E-state index < -0.39 is 37.4 Å². The van der Waals surface area contributed by atoms with Crippen molar-refractivity contribution in [2.45, 2.75) is 37.6 Å². The molecule has 3 N–H and O–H groups in total. The summed E-state index contributed by atoms with van der Waals surface area (Å²) in [6.45, 7) is 1.01. The Labute approximate surface area is 81.1 Å². The van der Waals surface area contributed by atoms with Gasteiger partial charge < -0.3 is 24.8 Å². The topological polar surface area (TPSA) is 79.2 Å². The molecule has 0 aromatic rings. The Kier molecular flexibility index (Phi) is 4.21. The second-order valence-electron chi connectivity index (χ2n) is 3.12. The molecule has 1 saturated heterocycles. The quantitative estimate of drug-likeness (QED) is 0.544. The predicted octanol–water partition coefficient (Wildman–Crippen LogP) is -1.20. The third-order valence-corrected chi connectivity index (χ3v) is 2.15. The monoisotopic (exact) mass is 209 g/mol. The first-order valence-corrected chi connectivity index (χ1v) is 4.49. The van der Waals surface area contributed by atoms with E-state index in [9.17, 15) is 19.7 Å². The van der Waals surface area contributed by atoms with Crippen LogP contribution in [0, 0.1) is 0 Å². The molecular weight excluding hydrogens is 194 g/mol. The maximum atomic E-state index is 12.3. The Balaban J connectivity index is 2.63. The number of hydrogen-bond donors (Lipinski definition) is 3. The largest absolute Gasteiger partial charge is 0.387 e. The van der Waals surface area contributed by atoms with Crippen LogP contribution in [0.3, 0.4) is 0 Å². The first-order chi connectivity index (χ1) is 6.61. The van der Waals surface area contributed by atoms with E-state index in [-0.39, 0.29) is 6.61 Å². The van der Waals surface area contributed by atoms with Crippen molar-refractivity contribution in [2.75, 3.05) is 13.3 Å². The summed E-state index contributed by atoms with van der Waals surface area (Å²) in [6.07, 6.45) is -6.45. The van der Waals surface area contributed by atoms with Gasteiger partial charge in [-0.3, -0.25) is 0 Å². The predicted molar refractivity (Wildman–Crippen MR) is 44.3 cm³/mol. The molecule has 1 aliphatic rings. The van der Waals surface area contributed by atoms with Gasteiger partial charge in [0, 0.05) is 6.61 Å². The molecule has 1 rings (SSSR count). The van der Waals surface area contributed by atoms with Crippen molar-refractivity contribution >= 4 is 0 Å². The lowest BCUT2D eigenvalue weighted by molar-refractivity contribution is -0.297. The van der Waals surface area contributed by atoms with E-state index >= 15 is 0 Å². The lowest BCUT2D eigenvalue weighted by Crippen LogP contribution is -2.58.